The summed E-state index contributed by atoms with van der Waals surface area (Å²) in [5, 5.41) is 0. The number of hydrogen-bond donors (Lipinski definition) is 0. The van der Waals surface area contributed by atoms with Gasteiger partial charge >= 0.3 is 0 Å². The van der Waals surface area contributed by atoms with Gasteiger partial charge in [0.15, 0.2) is 0 Å². The molecule has 2 nitrogen and oxygen atoms in total. The molecule has 0 fully saturated rings. The molecule has 0 aromatic carbocycles. The van der Waals surface area contributed by atoms with Gasteiger partial charge in [0.2, 0.25) is 0 Å². The molecule has 1 aromatic rings. The van der Waals surface area contributed by atoms with E-state index in [1.54, 1.807) is 14.0 Å². The van der Waals surface area contributed by atoms with Crippen molar-refractivity contribution in [2.75, 3.05) is 0 Å². The maximum Gasteiger partial charge on any atom is 0.254 e. The quantitative estimate of drug-likeness (QED) is 0.624. The van der Waals surface area contributed by atoms with E-state index < -0.39 is 0 Å². The van der Waals surface area contributed by atoms with Gasteiger partial charge in [-0.2, -0.15) is 0 Å². The molecule has 0 radical (unpaired) electrons. The highest BCUT2D eigenvalue weighted by Crippen LogP contribution is 2.23. The fraction of sp³-hybridized carbons (Fsp3) is 0.545. The topological polar surface area (TPSA) is 22.0 Å². The third-order valence-corrected chi connectivity index (χ3v) is 2.32. The average Bonchev–Trinajstić information content (AvgIpc) is 1.98. The van der Waals surface area contributed by atoms with Crippen LogP contribution in [0.1, 0.15) is 31.9 Å². The van der Waals surface area contributed by atoms with Crippen LogP contribution in [0.3, 0.4) is 0 Å². The number of nitrogens with zero attached hydrogens (tertiary/aromatic N) is 1. The van der Waals surface area contributed by atoms with Crippen LogP contribution in [-0.2, 0) is 12.5 Å². The highest BCUT2D eigenvalue weighted by atomic mass is 19.1. The summed E-state index contributed by atoms with van der Waals surface area (Å²) in [6.07, 6.45) is 1.23. The first kappa shape index (κ1) is 11.0. The molecule has 0 saturated carbocycles. The molecule has 14 heavy (non-hydrogen) atoms. The number of pyridine rings is 1. The molecule has 0 amide bonds. The Labute approximate surface area is 83.4 Å². The lowest BCUT2D eigenvalue weighted by atomic mass is 9.85. The van der Waals surface area contributed by atoms with Crippen LogP contribution < -0.4 is 5.56 Å². The van der Waals surface area contributed by atoms with Crippen molar-refractivity contribution in [3.63, 3.8) is 0 Å². The molecule has 0 spiro atoms. The number of aryl methyl sites for hydroxylation is 1. The smallest absolute Gasteiger partial charge is 0.254 e. The van der Waals surface area contributed by atoms with Gasteiger partial charge in [0.1, 0.15) is 5.82 Å². The van der Waals surface area contributed by atoms with Crippen LogP contribution in [0.2, 0.25) is 0 Å². The molecule has 0 aliphatic heterocycles. The van der Waals surface area contributed by atoms with Crippen LogP contribution in [0, 0.1) is 12.7 Å². The zero-order chi connectivity index (χ0) is 11.1. The molecule has 78 valence electrons. The molecule has 0 atom stereocenters. The number of aromatic nitrogens is 1. The Balaban J connectivity index is 3.65. The second-order valence-corrected chi connectivity index (χ2v) is 4.64. The van der Waals surface area contributed by atoms with Crippen LogP contribution in [-0.4, -0.2) is 4.57 Å². The summed E-state index contributed by atoms with van der Waals surface area (Å²) < 4.78 is 14.7. The predicted octanol–water partition coefficient (Wildman–Crippen LogP) is 2.13. The lowest BCUT2D eigenvalue weighted by Gasteiger charge is -2.21. The van der Waals surface area contributed by atoms with Crippen molar-refractivity contribution >= 4 is 0 Å². The van der Waals surface area contributed by atoms with Crippen molar-refractivity contribution in [1.82, 2.24) is 4.57 Å². The van der Waals surface area contributed by atoms with Crippen molar-refractivity contribution < 1.29 is 4.39 Å². The summed E-state index contributed by atoms with van der Waals surface area (Å²) >= 11 is 0. The number of rotatable bonds is 0. The maximum atomic E-state index is 13.4. The van der Waals surface area contributed by atoms with Gasteiger partial charge in [-0.25, -0.2) is 4.39 Å². The lowest BCUT2D eigenvalue weighted by molar-refractivity contribution is 0.535. The minimum absolute atomic E-state index is 0.114. The van der Waals surface area contributed by atoms with E-state index in [2.05, 4.69) is 0 Å². The predicted molar refractivity (Wildman–Crippen MR) is 55.1 cm³/mol. The molecule has 0 N–H and O–H groups in total. The monoisotopic (exact) mass is 197 g/mol. The third kappa shape index (κ3) is 1.72. The van der Waals surface area contributed by atoms with Gasteiger partial charge in [-0.15, -0.1) is 0 Å². The normalized spacial score (nSPS) is 11.9. The SMILES string of the molecule is Cc1c(F)cn(C)c(=O)c1C(C)(C)C. The largest absolute Gasteiger partial charge is 0.315 e. The van der Waals surface area contributed by atoms with Gasteiger partial charge in [-0.05, 0) is 17.9 Å². The third-order valence-electron chi connectivity index (χ3n) is 2.32. The maximum absolute atomic E-state index is 13.4. The zero-order valence-electron chi connectivity index (χ0n) is 9.31. The summed E-state index contributed by atoms with van der Waals surface area (Å²) in [6.45, 7) is 7.39. The van der Waals surface area contributed by atoms with E-state index in [0.717, 1.165) is 0 Å². The molecular weight excluding hydrogens is 181 g/mol. The first-order valence-electron chi connectivity index (χ1n) is 4.61. The van der Waals surface area contributed by atoms with Crippen molar-refractivity contribution in [2.45, 2.75) is 33.1 Å². The van der Waals surface area contributed by atoms with Gasteiger partial charge in [-0.1, -0.05) is 20.8 Å². The summed E-state index contributed by atoms with van der Waals surface area (Å²) in [6, 6.07) is 0. The number of hydrogen-bond acceptors (Lipinski definition) is 1. The minimum atomic E-state index is -0.322. The van der Waals surface area contributed by atoms with Crippen molar-refractivity contribution in [3.8, 4) is 0 Å². The standard InChI is InChI=1S/C11H16FNO/c1-7-8(12)6-13(5)10(14)9(7)11(2,3)4/h6H,1-5H3. The molecule has 0 aliphatic carbocycles. The van der Waals surface area contributed by atoms with Crippen LogP contribution >= 0.6 is 0 Å². The molecule has 1 aromatic heterocycles. The molecule has 1 rings (SSSR count). The second kappa shape index (κ2) is 3.23. The lowest BCUT2D eigenvalue weighted by Crippen LogP contribution is -2.31. The van der Waals surface area contributed by atoms with Gasteiger partial charge in [0, 0.05) is 18.8 Å². The Bertz CT molecular complexity index is 413. The van der Waals surface area contributed by atoms with Gasteiger partial charge in [-0.3, -0.25) is 4.79 Å². The number of halogens is 1. The molecular formula is C11H16FNO. The van der Waals surface area contributed by atoms with E-state index in [-0.39, 0.29) is 16.8 Å². The summed E-state index contributed by atoms with van der Waals surface area (Å²) in [5.41, 5.74) is 0.582. The van der Waals surface area contributed by atoms with E-state index in [1.807, 2.05) is 20.8 Å². The Morgan fingerprint density at radius 3 is 2.29 bits per heavy atom. The van der Waals surface area contributed by atoms with E-state index in [9.17, 15) is 9.18 Å². The van der Waals surface area contributed by atoms with E-state index in [0.29, 0.717) is 11.1 Å². The Morgan fingerprint density at radius 1 is 1.36 bits per heavy atom. The van der Waals surface area contributed by atoms with Crippen LogP contribution in [0.5, 0.6) is 0 Å². The highest BCUT2D eigenvalue weighted by Gasteiger charge is 2.23. The Kier molecular flexibility index (Phi) is 2.52. The second-order valence-electron chi connectivity index (χ2n) is 4.64. The Hall–Kier alpha value is -1.12. The fourth-order valence-corrected chi connectivity index (χ4v) is 1.66. The zero-order valence-corrected chi connectivity index (χ0v) is 9.31. The van der Waals surface area contributed by atoms with Crippen LogP contribution in [0.4, 0.5) is 4.39 Å². The first-order valence-corrected chi connectivity index (χ1v) is 4.61. The fourth-order valence-electron chi connectivity index (χ4n) is 1.66. The minimum Gasteiger partial charge on any atom is -0.315 e. The van der Waals surface area contributed by atoms with Crippen molar-refractivity contribution in [3.05, 3.63) is 33.5 Å². The van der Waals surface area contributed by atoms with Crippen molar-refractivity contribution in [1.29, 1.82) is 0 Å². The van der Waals surface area contributed by atoms with E-state index in [1.165, 1.54) is 10.8 Å². The summed E-state index contributed by atoms with van der Waals surface area (Å²) in [4.78, 5) is 11.8. The van der Waals surface area contributed by atoms with Gasteiger partial charge in [0.05, 0.1) is 0 Å². The summed E-state index contributed by atoms with van der Waals surface area (Å²) in [5.74, 6) is -0.322. The van der Waals surface area contributed by atoms with Gasteiger partial charge < -0.3 is 4.57 Å². The Morgan fingerprint density at radius 2 is 1.86 bits per heavy atom. The van der Waals surface area contributed by atoms with E-state index >= 15 is 0 Å². The summed E-state index contributed by atoms with van der Waals surface area (Å²) in [7, 11) is 1.57. The average molecular weight is 197 g/mol. The molecule has 3 heteroatoms. The van der Waals surface area contributed by atoms with Crippen LogP contribution in [0.15, 0.2) is 11.0 Å². The first-order chi connectivity index (χ1) is 6.25. The molecule has 0 aliphatic rings. The molecule has 1 heterocycles. The molecule has 0 bridgehead atoms. The molecule has 0 saturated heterocycles. The van der Waals surface area contributed by atoms with Crippen LogP contribution in [0.25, 0.3) is 0 Å². The van der Waals surface area contributed by atoms with Crippen molar-refractivity contribution in [2.24, 2.45) is 7.05 Å². The highest BCUT2D eigenvalue weighted by molar-refractivity contribution is 5.30. The van der Waals surface area contributed by atoms with E-state index in [4.69, 9.17) is 0 Å². The molecule has 0 unspecified atom stereocenters. The van der Waals surface area contributed by atoms with Gasteiger partial charge in [0.25, 0.3) is 5.56 Å².